The fourth-order valence-corrected chi connectivity index (χ4v) is 3.90. The van der Waals surface area contributed by atoms with Gasteiger partial charge in [-0.15, -0.1) is 0 Å². The lowest BCUT2D eigenvalue weighted by Gasteiger charge is -2.10. The van der Waals surface area contributed by atoms with E-state index in [9.17, 15) is 21.6 Å². The van der Waals surface area contributed by atoms with E-state index >= 15 is 0 Å². The monoisotopic (exact) mass is 424 g/mol. The minimum atomic E-state index is -4.45. The molecular weight excluding hydrogens is 405 g/mol. The van der Waals surface area contributed by atoms with E-state index in [0.29, 0.717) is 6.54 Å². The van der Waals surface area contributed by atoms with Crippen molar-refractivity contribution in [2.45, 2.75) is 25.4 Å². The maximum Gasteiger partial charge on any atom is 0.416 e. The van der Waals surface area contributed by atoms with E-state index in [0.717, 1.165) is 29.1 Å². The Bertz CT molecular complexity index is 1060. The van der Waals surface area contributed by atoms with Crippen LogP contribution in [0.1, 0.15) is 16.8 Å². The van der Waals surface area contributed by atoms with Crippen LogP contribution >= 0.6 is 0 Å². The zero-order valence-corrected chi connectivity index (χ0v) is 16.3. The van der Waals surface area contributed by atoms with Crippen molar-refractivity contribution < 1.29 is 21.6 Å². The summed E-state index contributed by atoms with van der Waals surface area (Å²) < 4.78 is 66.3. The lowest BCUT2D eigenvalue weighted by Crippen LogP contribution is -2.29. The summed E-state index contributed by atoms with van der Waals surface area (Å²) in [6, 6.07) is 9.64. The Hall–Kier alpha value is -2.72. The van der Waals surface area contributed by atoms with Gasteiger partial charge in [-0.05, 0) is 42.8 Å². The number of alkyl halides is 3. The summed E-state index contributed by atoms with van der Waals surface area (Å²) in [7, 11) is -3.69. The molecule has 0 saturated carbocycles. The van der Waals surface area contributed by atoms with Crippen molar-refractivity contribution in [2.24, 2.45) is 0 Å². The summed E-state index contributed by atoms with van der Waals surface area (Å²) in [5.41, 5.74) is 2.01. The van der Waals surface area contributed by atoms with Crippen LogP contribution in [0.5, 0.6) is 0 Å². The molecule has 2 aromatic heterocycles. The molecule has 0 bridgehead atoms. The average Bonchev–Trinajstić information content (AvgIpc) is 3.02. The largest absolute Gasteiger partial charge is 0.416 e. The summed E-state index contributed by atoms with van der Waals surface area (Å²) in [5, 5.41) is 4.46. The molecule has 154 valence electrons. The highest BCUT2D eigenvalue weighted by molar-refractivity contribution is 7.88. The molecule has 0 fully saturated rings. The summed E-state index contributed by atoms with van der Waals surface area (Å²) in [6.07, 6.45) is -1.12. The maximum absolute atomic E-state index is 12.6. The molecule has 10 heteroatoms. The standard InChI is InChI=1S/C19H19F3N4O2S/c1-14-12-18(16-6-8-23-9-7-16)25-26(14)11-10-24-29(27,28)13-15-2-4-17(5-3-15)19(20,21)22/h2-9,12,24H,10-11,13H2,1H3. The summed E-state index contributed by atoms with van der Waals surface area (Å²) in [4.78, 5) is 3.96. The highest BCUT2D eigenvalue weighted by atomic mass is 32.2. The van der Waals surface area contributed by atoms with Crippen LogP contribution in [0.15, 0.2) is 54.9 Å². The van der Waals surface area contributed by atoms with Crippen LogP contribution in [-0.2, 0) is 28.5 Å². The minimum Gasteiger partial charge on any atom is -0.268 e. The van der Waals surface area contributed by atoms with E-state index in [1.54, 1.807) is 17.1 Å². The molecule has 1 N–H and O–H groups in total. The van der Waals surface area contributed by atoms with Crippen LogP contribution in [0.3, 0.4) is 0 Å². The third-order valence-electron chi connectivity index (χ3n) is 4.24. The number of hydrogen-bond donors (Lipinski definition) is 1. The Kier molecular flexibility index (Phi) is 6.04. The summed E-state index contributed by atoms with van der Waals surface area (Å²) in [5.74, 6) is -0.397. The predicted molar refractivity (Wildman–Crippen MR) is 102 cm³/mol. The Morgan fingerprint density at radius 2 is 1.72 bits per heavy atom. The molecule has 0 aliphatic heterocycles. The van der Waals surface area contributed by atoms with Crippen LogP contribution in [0, 0.1) is 6.92 Å². The van der Waals surface area contributed by atoms with Gasteiger partial charge in [-0.2, -0.15) is 18.3 Å². The second-order valence-electron chi connectivity index (χ2n) is 6.48. The molecule has 0 saturated heterocycles. The topological polar surface area (TPSA) is 76.9 Å². The van der Waals surface area contributed by atoms with E-state index in [4.69, 9.17) is 0 Å². The molecule has 0 aliphatic carbocycles. The lowest BCUT2D eigenvalue weighted by atomic mass is 10.1. The third kappa shape index (κ3) is 5.64. The van der Waals surface area contributed by atoms with Gasteiger partial charge in [-0.3, -0.25) is 9.67 Å². The minimum absolute atomic E-state index is 0.112. The van der Waals surface area contributed by atoms with E-state index < -0.39 is 27.5 Å². The molecule has 6 nitrogen and oxygen atoms in total. The fraction of sp³-hybridized carbons (Fsp3) is 0.263. The van der Waals surface area contributed by atoms with Gasteiger partial charge in [0.25, 0.3) is 0 Å². The number of benzene rings is 1. The predicted octanol–water partition coefficient (Wildman–Crippen LogP) is 3.39. The van der Waals surface area contributed by atoms with E-state index in [1.165, 1.54) is 12.1 Å². The van der Waals surface area contributed by atoms with Gasteiger partial charge in [-0.1, -0.05) is 12.1 Å². The molecule has 29 heavy (non-hydrogen) atoms. The molecule has 0 unspecified atom stereocenters. The zero-order valence-electron chi connectivity index (χ0n) is 15.5. The van der Waals surface area contributed by atoms with E-state index in [2.05, 4.69) is 14.8 Å². The molecule has 0 aliphatic rings. The van der Waals surface area contributed by atoms with Crippen LogP contribution in [0.25, 0.3) is 11.3 Å². The number of nitrogens with zero attached hydrogens (tertiary/aromatic N) is 3. The van der Waals surface area contributed by atoms with Gasteiger partial charge in [0.05, 0.1) is 23.6 Å². The van der Waals surface area contributed by atoms with Crippen molar-refractivity contribution in [1.82, 2.24) is 19.5 Å². The van der Waals surface area contributed by atoms with Crippen molar-refractivity contribution in [3.63, 3.8) is 0 Å². The SMILES string of the molecule is Cc1cc(-c2ccncc2)nn1CCNS(=O)(=O)Cc1ccc(C(F)(F)F)cc1. The molecule has 3 rings (SSSR count). The highest BCUT2D eigenvalue weighted by Gasteiger charge is 2.30. The Morgan fingerprint density at radius 3 is 2.34 bits per heavy atom. The summed E-state index contributed by atoms with van der Waals surface area (Å²) in [6.45, 7) is 2.30. The van der Waals surface area contributed by atoms with E-state index in [1.807, 2.05) is 25.1 Å². The normalized spacial score (nSPS) is 12.3. The average molecular weight is 424 g/mol. The molecular formula is C19H19F3N4O2S. The number of aryl methyl sites for hydroxylation is 1. The first-order valence-corrected chi connectivity index (χ1v) is 10.4. The second kappa shape index (κ2) is 8.34. The Labute approximate surface area is 166 Å². The van der Waals surface area contributed by atoms with Crippen LogP contribution in [0.2, 0.25) is 0 Å². The molecule has 0 atom stereocenters. The van der Waals surface area contributed by atoms with Crippen molar-refractivity contribution >= 4 is 10.0 Å². The van der Waals surface area contributed by atoms with Gasteiger partial charge < -0.3 is 0 Å². The molecule has 3 aromatic rings. The number of pyridine rings is 1. The lowest BCUT2D eigenvalue weighted by molar-refractivity contribution is -0.137. The van der Waals surface area contributed by atoms with Crippen LogP contribution in [-0.4, -0.2) is 29.7 Å². The van der Waals surface area contributed by atoms with E-state index in [-0.39, 0.29) is 12.1 Å². The quantitative estimate of drug-likeness (QED) is 0.631. The van der Waals surface area contributed by atoms with Crippen LogP contribution < -0.4 is 4.72 Å². The fourth-order valence-electron chi connectivity index (χ4n) is 2.77. The number of halogens is 3. The smallest absolute Gasteiger partial charge is 0.268 e. The van der Waals surface area contributed by atoms with Crippen LogP contribution in [0.4, 0.5) is 13.2 Å². The van der Waals surface area contributed by atoms with Gasteiger partial charge in [0, 0.05) is 30.2 Å². The molecule has 2 heterocycles. The maximum atomic E-state index is 12.6. The number of hydrogen-bond acceptors (Lipinski definition) is 4. The first-order chi connectivity index (χ1) is 13.6. The molecule has 0 radical (unpaired) electrons. The highest BCUT2D eigenvalue weighted by Crippen LogP contribution is 2.29. The third-order valence-corrected chi connectivity index (χ3v) is 5.60. The summed E-state index contributed by atoms with van der Waals surface area (Å²) >= 11 is 0. The van der Waals surface area contributed by atoms with Gasteiger partial charge in [0.15, 0.2) is 0 Å². The molecule has 0 spiro atoms. The van der Waals surface area contributed by atoms with Gasteiger partial charge in [0.1, 0.15) is 0 Å². The Morgan fingerprint density at radius 1 is 1.07 bits per heavy atom. The molecule has 1 aromatic carbocycles. The first kappa shape index (κ1) is 21.0. The second-order valence-corrected chi connectivity index (χ2v) is 8.28. The van der Waals surface area contributed by atoms with Crippen molar-refractivity contribution in [3.8, 4) is 11.3 Å². The first-order valence-electron chi connectivity index (χ1n) is 8.72. The van der Waals surface area contributed by atoms with Gasteiger partial charge in [-0.25, -0.2) is 13.1 Å². The Balaban J connectivity index is 1.58. The molecule has 0 amide bonds. The zero-order chi connectivity index (χ0) is 21.1. The van der Waals surface area contributed by atoms with Gasteiger partial charge >= 0.3 is 6.18 Å². The van der Waals surface area contributed by atoms with Crippen molar-refractivity contribution in [3.05, 3.63) is 71.7 Å². The van der Waals surface area contributed by atoms with Gasteiger partial charge in [0.2, 0.25) is 10.0 Å². The number of aromatic nitrogens is 3. The van der Waals surface area contributed by atoms with Crippen molar-refractivity contribution in [2.75, 3.05) is 6.54 Å². The number of nitrogens with one attached hydrogen (secondary N) is 1. The van der Waals surface area contributed by atoms with Crippen molar-refractivity contribution in [1.29, 1.82) is 0 Å². The number of sulfonamides is 1. The number of rotatable bonds is 7.